The maximum absolute atomic E-state index is 5.82. The molecule has 0 unspecified atom stereocenters. The van der Waals surface area contributed by atoms with Gasteiger partial charge in [0.25, 0.3) is 0 Å². The van der Waals surface area contributed by atoms with Gasteiger partial charge in [-0.3, -0.25) is 4.98 Å². The summed E-state index contributed by atoms with van der Waals surface area (Å²) in [5.74, 6) is 0. The zero-order valence-corrected chi connectivity index (χ0v) is 12.1. The molecule has 0 aliphatic carbocycles. The largest absolute Gasteiger partial charge is 0.399 e. The lowest BCUT2D eigenvalue weighted by Crippen LogP contribution is -2.21. The molecule has 20 heavy (non-hydrogen) atoms. The number of hydrogen-bond acceptors (Lipinski definition) is 5. The molecule has 0 spiro atoms. The van der Waals surface area contributed by atoms with Crippen LogP contribution in [0.3, 0.4) is 0 Å². The number of hydrogen-bond donors (Lipinski definition) is 1. The Morgan fingerprint density at radius 1 is 1.20 bits per heavy atom. The van der Waals surface area contributed by atoms with Crippen molar-refractivity contribution in [1.82, 2.24) is 9.97 Å². The van der Waals surface area contributed by atoms with Crippen LogP contribution in [0.15, 0.2) is 42.7 Å². The van der Waals surface area contributed by atoms with E-state index < -0.39 is 0 Å². The van der Waals surface area contributed by atoms with Crippen LogP contribution >= 0.6 is 11.3 Å². The minimum absolute atomic E-state index is 0.782. The molecule has 0 bridgehead atoms. The fourth-order valence-electron chi connectivity index (χ4n) is 2.09. The summed E-state index contributed by atoms with van der Waals surface area (Å²) in [5, 5.41) is 1.03. The van der Waals surface area contributed by atoms with Gasteiger partial charge in [0, 0.05) is 31.2 Å². The predicted molar refractivity (Wildman–Crippen MR) is 85.0 cm³/mol. The minimum atomic E-state index is 0.782. The van der Waals surface area contributed by atoms with Gasteiger partial charge in [0.15, 0.2) is 5.13 Å². The summed E-state index contributed by atoms with van der Waals surface area (Å²) in [6.45, 7) is 3.90. The third kappa shape index (κ3) is 2.58. The van der Waals surface area contributed by atoms with E-state index in [0.717, 1.165) is 34.1 Å². The molecular formula is C15H16N4S. The standard InChI is InChI=1S/C15H16N4S/c1-2-19(10-11-5-7-17-8-6-11)15-18-13-4-3-12(16)9-14(13)20-15/h3-9H,2,10,16H2,1H3. The number of nitrogen functional groups attached to an aromatic ring is 1. The number of thiazole rings is 1. The van der Waals surface area contributed by atoms with Crippen molar-refractivity contribution in [3.8, 4) is 0 Å². The Morgan fingerprint density at radius 2 is 2.00 bits per heavy atom. The van der Waals surface area contributed by atoms with E-state index in [4.69, 9.17) is 10.7 Å². The Hall–Kier alpha value is -2.14. The van der Waals surface area contributed by atoms with Crippen LogP contribution in [0, 0.1) is 0 Å². The first-order valence-corrected chi connectivity index (χ1v) is 7.38. The van der Waals surface area contributed by atoms with E-state index in [1.54, 1.807) is 11.3 Å². The first-order valence-electron chi connectivity index (χ1n) is 6.56. The molecule has 0 saturated heterocycles. The minimum Gasteiger partial charge on any atom is -0.399 e. The van der Waals surface area contributed by atoms with Crippen molar-refractivity contribution in [1.29, 1.82) is 0 Å². The molecule has 0 aliphatic heterocycles. The predicted octanol–water partition coefficient (Wildman–Crippen LogP) is 3.30. The molecule has 0 aliphatic rings. The molecule has 4 nitrogen and oxygen atoms in total. The van der Waals surface area contributed by atoms with Crippen LogP contribution < -0.4 is 10.6 Å². The maximum Gasteiger partial charge on any atom is 0.186 e. The average Bonchev–Trinajstić information content (AvgIpc) is 2.88. The lowest BCUT2D eigenvalue weighted by Gasteiger charge is -2.19. The number of pyridine rings is 1. The first kappa shape index (κ1) is 12.9. The van der Waals surface area contributed by atoms with Crippen LogP contribution in [0.5, 0.6) is 0 Å². The Labute approximate surface area is 121 Å². The number of nitrogens with zero attached hydrogens (tertiary/aromatic N) is 3. The van der Waals surface area contributed by atoms with Crippen LogP contribution in [-0.2, 0) is 6.54 Å². The zero-order chi connectivity index (χ0) is 13.9. The van der Waals surface area contributed by atoms with E-state index in [2.05, 4.69) is 16.8 Å². The molecule has 1 aromatic carbocycles. The van der Waals surface area contributed by atoms with Crippen molar-refractivity contribution >= 4 is 32.4 Å². The Balaban J connectivity index is 1.91. The molecule has 0 radical (unpaired) electrons. The summed E-state index contributed by atoms with van der Waals surface area (Å²) in [4.78, 5) is 11.0. The Morgan fingerprint density at radius 3 is 2.75 bits per heavy atom. The Bertz CT molecular complexity index is 708. The topological polar surface area (TPSA) is 55.0 Å². The maximum atomic E-state index is 5.82. The van der Waals surface area contributed by atoms with Crippen molar-refractivity contribution in [2.75, 3.05) is 17.2 Å². The van der Waals surface area contributed by atoms with Crippen LogP contribution in [0.2, 0.25) is 0 Å². The van der Waals surface area contributed by atoms with Crippen molar-refractivity contribution in [3.63, 3.8) is 0 Å². The van der Waals surface area contributed by atoms with Gasteiger partial charge < -0.3 is 10.6 Å². The van der Waals surface area contributed by atoms with E-state index in [-0.39, 0.29) is 0 Å². The second kappa shape index (κ2) is 5.46. The molecule has 0 saturated carbocycles. The molecule has 2 heterocycles. The first-order chi connectivity index (χ1) is 9.76. The zero-order valence-electron chi connectivity index (χ0n) is 11.3. The molecule has 2 N–H and O–H groups in total. The summed E-state index contributed by atoms with van der Waals surface area (Å²) in [7, 11) is 0. The third-order valence-electron chi connectivity index (χ3n) is 3.18. The number of anilines is 2. The molecule has 102 valence electrons. The highest BCUT2D eigenvalue weighted by molar-refractivity contribution is 7.22. The van der Waals surface area contributed by atoms with E-state index in [9.17, 15) is 0 Å². The lowest BCUT2D eigenvalue weighted by molar-refractivity contribution is 0.826. The highest BCUT2D eigenvalue weighted by atomic mass is 32.1. The van der Waals surface area contributed by atoms with Gasteiger partial charge in [0.1, 0.15) is 0 Å². The summed E-state index contributed by atoms with van der Waals surface area (Å²) >= 11 is 1.68. The van der Waals surface area contributed by atoms with E-state index >= 15 is 0 Å². The van der Waals surface area contributed by atoms with Crippen LogP contribution in [0.4, 0.5) is 10.8 Å². The van der Waals surface area contributed by atoms with E-state index in [1.165, 1.54) is 5.56 Å². The monoisotopic (exact) mass is 284 g/mol. The molecular weight excluding hydrogens is 268 g/mol. The highest BCUT2D eigenvalue weighted by Gasteiger charge is 2.11. The van der Waals surface area contributed by atoms with Crippen molar-refractivity contribution in [2.24, 2.45) is 0 Å². The highest BCUT2D eigenvalue weighted by Crippen LogP contribution is 2.30. The summed E-state index contributed by atoms with van der Waals surface area (Å²) in [6.07, 6.45) is 3.64. The smallest absolute Gasteiger partial charge is 0.186 e. The van der Waals surface area contributed by atoms with E-state index in [0.29, 0.717) is 0 Å². The fraction of sp³-hybridized carbons (Fsp3) is 0.200. The molecule has 0 fully saturated rings. The van der Waals surface area contributed by atoms with Gasteiger partial charge in [-0.15, -0.1) is 0 Å². The third-order valence-corrected chi connectivity index (χ3v) is 4.26. The van der Waals surface area contributed by atoms with Gasteiger partial charge in [-0.2, -0.15) is 0 Å². The van der Waals surface area contributed by atoms with Crippen LogP contribution in [0.25, 0.3) is 10.2 Å². The van der Waals surface area contributed by atoms with Crippen LogP contribution in [-0.4, -0.2) is 16.5 Å². The van der Waals surface area contributed by atoms with Gasteiger partial charge >= 0.3 is 0 Å². The fourth-order valence-corrected chi connectivity index (χ4v) is 3.16. The molecule has 5 heteroatoms. The second-order valence-electron chi connectivity index (χ2n) is 4.59. The van der Waals surface area contributed by atoms with Crippen LogP contribution in [0.1, 0.15) is 12.5 Å². The summed E-state index contributed by atoms with van der Waals surface area (Å²) in [6, 6.07) is 9.93. The second-order valence-corrected chi connectivity index (χ2v) is 5.60. The number of rotatable bonds is 4. The van der Waals surface area contributed by atoms with Gasteiger partial charge in [0.2, 0.25) is 0 Å². The molecule has 0 atom stereocenters. The van der Waals surface area contributed by atoms with Gasteiger partial charge in [-0.1, -0.05) is 11.3 Å². The normalized spacial score (nSPS) is 10.8. The molecule has 2 aromatic heterocycles. The van der Waals surface area contributed by atoms with Gasteiger partial charge in [-0.25, -0.2) is 4.98 Å². The van der Waals surface area contributed by atoms with Crippen molar-refractivity contribution in [3.05, 3.63) is 48.3 Å². The number of benzene rings is 1. The molecule has 3 rings (SSSR count). The molecule has 0 amide bonds. The van der Waals surface area contributed by atoms with Gasteiger partial charge in [-0.05, 0) is 42.8 Å². The summed E-state index contributed by atoms with van der Waals surface area (Å²) < 4.78 is 1.13. The van der Waals surface area contributed by atoms with Crippen molar-refractivity contribution in [2.45, 2.75) is 13.5 Å². The quantitative estimate of drug-likeness (QED) is 0.747. The van der Waals surface area contributed by atoms with Gasteiger partial charge in [0.05, 0.1) is 10.2 Å². The number of nitrogens with two attached hydrogens (primary N) is 1. The Kier molecular flexibility index (Phi) is 3.52. The van der Waals surface area contributed by atoms with E-state index in [1.807, 2.05) is 42.7 Å². The van der Waals surface area contributed by atoms with Crippen molar-refractivity contribution < 1.29 is 0 Å². The number of fused-ring (bicyclic) bond motifs is 1. The summed E-state index contributed by atoms with van der Waals surface area (Å²) in [5.41, 5.74) is 8.85. The lowest BCUT2D eigenvalue weighted by atomic mass is 10.2. The average molecular weight is 284 g/mol. The molecule has 3 aromatic rings. The number of aromatic nitrogens is 2. The SMILES string of the molecule is CCN(Cc1ccncc1)c1nc2ccc(N)cc2s1.